The highest BCUT2D eigenvalue weighted by Crippen LogP contribution is 2.13. The molecule has 0 saturated heterocycles. The van der Waals surface area contributed by atoms with Crippen molar-refractivity contribution in [2.75, 3.05) is 19.6 Å². The van der Waals surface area contributed by atoms with Crippen molar-refractivity contribution in [2.45, 2.75) is 11.8 Å². The van der Waals surface area contributed by atoms with E-state index in [1.807, 2.05) is 6.92 Å². The standard InChI is InChI=1S/C9H14BrN3O2S/c1-2-11-3-4-13-16(14,15)9-5-8(10)6-12-7-9/h5-7,11,13H,2-4H2,1H3. The molecule has 0 atom stereocenters. The van der Waals surface area contributed by atoms with E-state index in [-0.39, 0.29) is 4.90 Å². The number of nitrogens with zero attached hydrogens (tertiary/aromatic N) is 1. The SMILES string of the molecule is CCNCCNS(=O)(=O)c1cncc(Br)c1. The highest BCUT2D eigenvalue weighted by atomic mass is 79.9. The fraction of sp³-hybridized carbons (Fsp3) is 0.444. The normalized spacial score (nSPS) is 11.6. The Bertz CT molecular complexity index is 436. The van der Waals surface area contributed by atoms with Gasteiger partial charge in [0.15, 0.2) is 0 Å². The average molecular weight is 308 g/mol. The van der Waals surface area contributed by atoms with Crippen LogP contribution in [0.25, 0.3) is 0 Å². The van der Waals surface area contributed by atoms with Gasteiger partial charge in [0.25, 0.3) is 0 Å². The maximum absolute atomic E-state index is 11.7. The monoisotopic (exact) mass is 307 g/mol. The minimum atomic E-state index is -3.45. The van der Waals surface area contributed by atoms with Crippen LogP contribution in [0.3, 0.4) is 0 Å². The van der Waals surface area contributed by atoms with Gasteiger partial charge < -0.3 is 5.32 Å². The van der Waals surface area contributed by atoms with Crippen molar-refractivity contribution in [1.29, 1.82) is 0 Å². The average Bonchev–Trinajstić information content (AvgIpc) is 2.24. The molecule has 0 aliphatic carbocycles. The van der Waals surface area contributed by atoms with Gasteiger partial charge in [-0.1, -0.05) is 6.92 Å². The van der Waals surface area contributed by atoms with Crippen LogP contribution in [0, 0.1) is 0 Å². The Morgan fingerprint density at radius 2 is 2.12 bits per heavy atom. The summed E-state index contributed by atoms with van der Waals surface area (Å²) >= 11 is 3.18. The van der Waals surface area contributed by atoms with Crippen molar-refractivity contribution in [2.24, 2.45) is 0 Å². The number of nitrogens with one attached hydrogen (secondary N) is 2. The second-order valence-corrected chi connectivity index (χ2v) is 5.77. The lowest BCUT2D eigenvalue weighted by atomic mass is 10.5. The summed E-state index contributed by atoms with van der Waals surface area (Å²) in [4.78, 5) is 3.98. The van der Waals surface area contributed by atoms with Gasteiger partial charge in [0, 0.05) is 30.0 Å². The number of halogens is 1. The Morgan fingerprint density at radius 1 is 1.38 bits per heavy atom. The molecule has 2 N–H and O–H groups in total. The van der Waals surface area contributed by atoms with Crippen LogP contribution in [0.5, 0.6) is 0 Å². The number of pyridine rings is 1. The molecule has 0 radical (unpaired) electrons. The van der Waals surface area contributed by atoms with Crippen molar-refractivity contribution in [1.82, 2.24) is 15.0 Å². The van der Waals surface area contributed by atoms with Crippen molar-refractivity contribution in [3.8, 4) is 0 Å². The summed E-state index contributed by atoms with van der Waals surface area (Å²) in [5.41, 5.74) is 0. The molecule has 0 aromatic carbocycles. The minimum absolute atomic E-state index is 0.165. The van der Waals surface area contributed by atoms with Crippen LogP contribution in [0.15, 0.2) is 27.8 Å². The third-order valence-electron chi connectivity index (χ3n) is 1.83. The molecule has 0 spiro atoms. The van der Waals surface area contributed by atoms with Gasteiger partial charge in [-0.05, 0) is 28.5 Å². The van der Waals surface area contributed by atoms with E-state index in [1.54, 1.807) is 0 Å². The van der Waals surface area contributed by atoms with Gasteiger partial charge in [-0.25, -0.2) is 13.1 Å². The lowest BCUT2D eigenvalue weighted by molar-refractivity contribution is 0.577. The van der Waals surface area contributed by atoms with Gasteiger partial charge in [-0.3, -0.25) is 4.98 Å². The first-order valence-electron chi connectivity index (χ1n) is 4.87. The topological polar surface area (TPSA) is 71.1 Å². The first-order valence-corrected chi connectivity index (χ1v) is 7.15. The first-order chi connectivity index (χ1) is 7.56. The predicted molar refractivity (Wildman–Crippen MR) is 65.7 cm³/mol. The molecular weight excluding hydrogens is 294 g/mol. The molecule has 0 aliphatic heterocycles. The third-order valence-corrected chi connectivity index (χ3v) is 3.70. The molecule has 1 aromatic heterocycles. The van der Waals surface area contributed by atoms with Crippen LogP contribution in [0.1, 0.15) is 6.92 Å². The molecule has 0 saturated carbocycles. The molecule has 1 aromatic rings. The Hall–Kier alpha value is -0.500. The Balaban J connectivity index is 2.64. The highest BCUT2D eigenvalue weighted by Gasteiger charge is 2.13. The highest BCUT2D eigenvalue weighted by molar-refractivity contribution is 9.10. The number of likely N-dealkylation sites (N-methyl/N-ethyl adjacent to an activating group) is 1. The van der Waals surface area contributed by atoms with E-state index in [2.05, 4.69) is 31.0 Å². The van der Waals surface area contributed by atoms with Crippen molar-refractivity contribution in [3.05, 3.63) is 22.9 Å². The Kier molecular flexibility index (Phi) is 5.33. The van der Waals surface area contributed by atoms with Crippen molar-refractivity contribution >= 4 is 26.0 Å². The summed E-state index contributed by atoms with van der Waals surface area (Å²) in [6.45, 7) is 3.76. The zero-order valence-electron chi connectivity index (χ0n) is 8.90. The van der Waals surface area contributed by atoms with Crippen LogP contribution in [0.4, 0.5) is 0 Å². The molecular formula is C9H14BrN3O2S. The maximum atomic E-state index is 11.7. The molecule has 7 heteroatoms. The molecule has 0 amide bonds. The quantitative estimate of drug-likeness (QED) is 0.760. The number of hydrogen-bond donors (Lipinski definition) is 2. The minimum Gasteiger partial charge on any atom is -0.316 e. The number of sulfonamides is 1. The summed E-state index contributed by atoms with van der Waals surface area (Å²) in [7, 11) is -3.45. The number of rotatable bonds is 6. The van der Waals surface area contributed by atoms with E-state index in [4.69, 9.17) is 0 Å². The van der Waals surface area contributed by atoms with E-state index in [1.165, 1.54) is 18.5 Å². The van der Waals surface area contributed by atoms with E-state index in [0.29, 0.717) is 17.6 Å². The van der Waals surface area contributed by atoms with Crippen LogP contribution in [-0.4, -0.2) is 33.0 Å². The molecule has 1 rings (SSSR count). The van der Waals surface area contributed by atoms with Crippen LogP contribution in [0.2, 0.25) is 0 Å². The zero-order chi connectivity index (χ0) is 12.0. The van der Waals surface area contributed by atoms with E-state index in [9.17, 15) is 8.42 Å². The maximum Gasteiger partial charge on any atom is 0.242 e. The lowest BCUT2D eigenvalue weighted by Gasteiger charge is -2.06. The first kappa shape index (κ1) is 13.6. The summed E-state index contributed by atoms with van der Waals surface area (Å²) in [5, 5.41) is 3.03. The molecule has 1 heterocycles. The smallest absolute Gasteiger partial charge is 0.242 e. The molecule has 90 valence electrons. The molecule has 0 bridgehead atoms. The van der Waals surface area contributed by atoms with Crippen molar-refractivity contribution in [3.63, 3.8) is 0 Å². The molecule has 5 nitrogen and oxygen atoms in total. The van der Waals surface area contributed by atoms with E-state index in [0.717, 1.165) is 6.54 Å². The summed E-state index contributed by atoms with van der Waals surface area (Å²) < 4.78 is 26.6. The predicted octanol–water partition coefficient (Wildman–Crippen LogP) is 0.732. The molecule has 0 unspecified atom stereocenters. The van der Waals surface area contributed by atoms with Crippen LogP contribution in [-0.2, 0) is 10.0 Å². The van der Waals surface area contributed by atoms with Gasteiger partial charge in [-0.15, -0.1) is 0 Å². The second-order valence-electron chi connectivity index (χ2n) is 3.09. The van der Waals surface area contributed by atoms with Crippen LogP contribution >= 0.6 is 15.9 Å². The summed E-state index contributed by atoms with van der Waals surface area (Å²) in [5.74, 6) is 0. The fourth-order valence-corrected chi connectivity index (χ4v) is 2.61. The summed E-state index contributed by atoms with van der Waals surface area (Å²) in [6, 6.07) is 1.52. The zero-order valence-corrected chi connectivity index (χ0v) is 11.3. The van der Waals surface area contributed by atoms with Crippen LogP contribution < -0.4 is 10.0 Å². The fourth-order valence-electron chi connectivity index (χ4n) is 1.07. The molecule has 0 aliphatic rings. The Labute approximate surface area is 104 Å². The molecule has 0 fully saturated rings. The van der Waals surface area contributed by atoms with Gasteiger partial charge in [-0.2, -0.15) is 0 Å². The summed E-state index contributed by atoms with van der Waals surface area (Å²) in [6.07, 6.45) is 2.86. The van der Waals surface area contributed by atoms with E-state index < -0.39 is 10.0 Å². The largest absolute Gasteiger partial charge is 0.316 e. The van der Waals surface area contributed by atoms with Gasteiger partial charge in [0.05, 0.1) is 0 Å². The number of hydrogen-bond acceptors (Lipinski definition) is 4. The third kappa shape index (κ3) is 4.17. The van der Waals surface area contributed by atoms with Gasteiger partial charge in [0.2, 0.25) is 10.0 Å². The lowest BCUT2D eigenvalue weighted by Crippen LogP contribution is -2.31. The van der Waals surface area contributed by atoms with Crippen molar-refractivity contribution < 1.29 is 8.42 Å². The van der Waals surface area contributed by atoms with E-state index >= 15 is 0 Å². The van der Waals surface area contributed by atoms with Gasteiger partial charge in [0.1, 0.15) is 4.90 Å². The second kappa shape index (κ2) is 6.29. The van der Waals surface area contributed by atoms with Gasteiger partial charge >= 0.3 is 0 Å². The Morgan fingerprint density at radius 3 is 2.75 bits per heavy atom. The molecule has 16 heavy (non-hydrogen) atoms. The number of aromatic nitrogens is 1.